The van der Waals surface area contributed by atoms with Gasteiger partial charge in [0.2, 0.25) is 5.95 Å². The third-order valence-electron chi connectivity index (χ3n) is 6.90. The van der Waals surface area contributed by atoms with E-state index in [2.05, 4.69) is 20.1 Å². The largest absolute Gasteiger partial charge is 0.496 e. The summed E-state index contributed by atoms with van der Waals surface area (Å²) < 4.78 is 47.4. The number of methoxy groups -OCH3 is 1. The highest BCUT2D eigenvalue weighted by Gasteiger charge is 2.50. The van der Waals surface area contributed by atoms with E-state index in [0.717, 1.165) is 22.2 Å². The summed E-state index contributed by atoms with van der Waals surface area (Å²) in [6.45, 7) is 3.60. The Kier molecular flexibility index (Phi) is 7.17. The monoisotopic (exact) mass is 595 g/mol. The number of halogens is 3. The molecule has 4 heterocycles. The van der Waals surface area contributed by atoms with E-state index in [0.29, 0.717) is 40.9 Å². The lowest BCUT2D eigenvalue weighted by Crippen LogP contribution is -2.50. The summed E-state index contributed by atoms with van der Waals surface area (Å²) in [5.41, 5.74) is 2.37. The van der Waals surface area contributed by atoms with Gasteiger partial charge in [0.05, 0.1) is 30.4 Å². The molecule has 5 rings (SSSR count). The second kappa shape index (κ2) is 10.4. The van der Waals surface area contributed by atoms with E-state index in [9.17, 15) is 37.8 Å². The van der Waals surface area contributed by atoms with Crippen molar-refractivity contribution in [1.82, 2.24) is 29.6 Å². The van der Waals surface area contributed by atoms with Crippen LogP contribution in [0.1, 0.15) is 35.4 Å². The van der Waals surface area contributed by atoms with E-state index in [1.807, 2.05) is 6.92 Å². The molecule has 218 valence electrons. The minimum atomic E-state index is -5.06. The van der Waals surface area contributed by atoms with Crippen LogP contribution in [-0.4, -0.2) is 89.1 Å². The third kappa shape index (κ3) is 5.20. The van der Waals surface area contributed by atoms with Crippen molar-refractivity contribution in [1.29, 1.82) is 0 Å². The molecule has 0 spiro atoms. The fourth-order valence-electron chi connectivity index (χ4n) is 4.95. The van der Waals surface area contributed by atoms with E-state index in [4.69, 9.17) is 4.74 Å². The normalized spacial score (nSPS) is 16.8. The Bertz CT molecular complexity index is 1560. The van der Waals surface area contributed by atoms with Gasteiger partial charge < -0.3 is 19.8 Å². The highest BCUT2D eigenvalue weighted by molar-refractivity contribution is 7.99. The molecule has 1 saturated carbocycles. The summed E-state index contributed by atoms with van der Waals surface area (Å²) in [4.78, 5) is 49.5. The van der Waals surface area contributed by atoms with Gasteiger partial charge in [-0.2, -0.15) is 23.3 Å². The lowest BCUT2D eigenvalue weighted by Gasteiger charge is -2.31. The fourth-order valence-corrected chi connectivity index (χ4v) is 6.08. The first-order valence-corrected chi connectivity index (χ1v) is 13.3. The van der Waals surface area contributed by atoms with E-state index < -0.39 is 42.3 Å². The number of amides is 3. The summed E-state index contributed by atoms with van der Waals surface area (Å²) in [5, 5.41) is 24.1. The average molecular weight is 596 g/mol. The van der Waals surface area contributed by atoms with Crippen molar-refractivity contribution in [2.24, 2.45) is 0 Å². The molecule has 2 N–H and O–H groups in total. The first kappa shape index (κ1) is 28.4. The van der Waals surface area contributed by atoms with Gasteiger partial charge in [-0.25, -0.2) is 19.3 Å². The van der Waals surface area contributed by atoms with Gasteiger partial charge in [0.15, 0.2) is 5.65 Å². The zero-order valence-electron chi connectivity index (χ0n) is 22.0. The summed E-state index contributed by atoms with van der Waals surface area (Å²) in [5.74, 6) is -2.01. The molecular weight excluding hydrogens is 571 g/mol. The quantitative estimate of drug-likeness (QED) is 0.400. The van der Waals surface area contributed by atoms with Crippen LogP contribution in [0.25, 0.3) is 11.0 Å². The standard InChI is InChI=1S/C24H24F3N7O6S/c1-10-7-28-15(11(2)17(10)40-3)8-32-18-16-14(31-32)6-13(33(12-4-5-12)20(35)24(25,26)27)9-41-19(16)30-21(29-18)34(22(36)37)23(38)39/h7,12-13H,4-6,8-9H2,1-3H3,(H,36,37)(H,38,39)/t13-/m1/s1. The van der Waals surface area contributed by atoms with Gasteiger partial charge in [0.1, 0.15) is 10.8 Å². The molecular formula is C24H24F3N7O6S. The first-order chi connectivity index (χ1) is 19.3. The molecule has 17 heteroatoms. The number of thioether (sulfide) groups is 1. The van der Waals surface area contributed by atoms with E-state index in [1.54, 1.807) is 13.1 Å². The topological polar surface area (TPSA) is 164 Å². The van der Waals surface area contributed by atoms with Crippen molar-refractivity contribution in [3.8, 4) is 5.75 Å². The molecule has 0 radical (unpaired) electrons. The van der Waals surface area contributed by atoms with Crippen molar-refractivity contribution >= 4 is 46.8 Å². The molecule has 0 bridgehead atoms. The summed E-state index contributed by atoms with van der Waals surface area (Å²) >= 11 is 0.984. The van der Waals surface area contributed by atoms with Crippen molar-refractivity contribution in [3.05, 3.63) is 28.7 Å². The number of rotatable bonds is 6. The number of alkyl halides is 3. The number of aromatic nitrogens is 5. The maximum atomic E-state index is 13.5. The Hall–Kier alpha value is -4.15. The molecule has 1 aliphatic carbocycles. The van der Waals surface area contributed by atoms with Gasteiger partial charge in [-0.15, -0.1) is 16.7 Å². The van der Waals surface area contributed by atoms with Crippen molar-refractivity contribution in [3.63, 3.8) is 0 Å². The van der Waals surface area contributed by atoms with Crippen LogP contribution in [0.4, 0.5) is 28.7 Å². The highest BCUT2D eigenvalue weighted by Crippen LogP contribution is 2.40. The second-order valence-corrected chi connectivity index (χ2v) is 10.7. The molecule has 2 aliphatic rings. The van der Waals surface area contributed by atoms with Crippen molar-refractivity contribution in [2.75, 3.05) is 17.8 Å². The maximum absolute atomic E-state index is 13.5. The van der Waals surface area contributed by atoms with Gasteiger partial charge in [0, 0.05) is 41.6 Å². The number of anilines is 1. The van der Waals surface area contributed by atoms with Crippen LogP contribution < -0.4 is 9.64 Å². The molecule has 1 atom stereocenters. The highest BCUT2D eigenvalue weighted by atomic mass is 32.2. The number of carboxylic acid groups (broad SMARTS) is 2. The van der Waals surface area contributed by atoms with Gasteiger partial charge in [-0.05, 0) is 26.7 Å². The molecule has 13 nitrogen and oxygen atoms in total. The number of imide groups is 1. The minimum absolute atomic E-state index is 0.00182. The molecule has 1 fully saturated rings. The van der Waals surface area contributed by atoms with E-state index in [1.165, 1.54) is 11.8 Å². The van der Waals surface area contributed by atoms with Crippen LogP contribution in [0.3, 0.4) is 0 Å². The van der Waals surface area contributed by atoms with Gasteiger partial charge in [0.25, 0.3) is 0 Å². The number of hydrogen-bond donors (Lipinski definition) is 2. The Labute approximate surface area is 234 Å². The van der Waals surface area contributed by atoms with E-state index >= 15 is 0 Å². The lowest BCUT2D eigenvalue weighted by atomic mass is 10.1. The summed E-state index contributed by atoms with van der Waals surface area (Å²) in [6, 6.07) is -1.46. The van der Waals surface area contributed by atoms with Gasteiger partial charge in [-0.3, -0.25) is 9.78 Å². The van der Waals surface area contributed by atoms with Gasteiger partial charge >= 0.3 is 24.3 Å². The predicted molar refractivity (Wildman–Crippen MR) is 137 cm³/mol. The zero-order valence-corrected chi connectivity index (χ0v) is 22.8. The van der Waals surface area contributed by atoms with Crippen LogP contribution in [-0.2, 0) is 17.8 Å². The Balaban J connectivity index is 1.65. The summed E-state index contributed by atoms with van der Waals surface area (Å²) in [6.07, 6.45) is -6.32. The molecule has 1 aliphatic heterocycles. The van der Waals surface area contributed by atoms with Crippen LogP contribution in [0, 0.1) is 13.8 Å². The lowest BCUT2D eigenvalue weighted by molar-refractivity contribution is -0.188. The van der Waals surface area contributed by atoms with Crippen LogP contribution in [0.15, 0.2) is 11.2 Å². The number of ether oxygens (including phenoxy) is 1. The number of hydrogen-bond acceptors (Lipinski definition) is 9. The number of aryl methyl sites for hydroxylation is 1. The number of nitrogens with zero attached hydrogens (tertiary/aromatic N) is 7. The second-order valence-electron chi connectivity index (χ2n) is 9.69. The number of pyridine rings is 1. The van der Waals surface area contributed by atoms with Crippen molar-refractivity contribution in [2.45, 2.75) is 62.9 Å². The first-order valence-electron chi connectivity index (χ1n) is 12.4. The Morgan fingerprint density at radius 2 is 1.83 bits per heavy atom. The molecule has 3 aromatic rings. The Morgan fingerprint density at radius 1 is 1.15 bits per heavy atom. The SMILES string of the molecule is COc1c(C)cnc(Cn2nc3c4c(nc(N(C(=O)O)C(=O)O)nc42)SC[C@H](N(C(=O)C(F)(F)F)C2CC2)C3)c1C. The van der Waals surface area contributed by atoms with Crippen LogP contribution >= 0.6 is 11.8 Å². The maximum Gasteiger partial charge on any atom is 0.471 e. The predicted octanol–water partition coefficient (Wildman–Crippen LogP) is 3.63. The smallest absolute Gasteiger partial charge is 0.471 e. The number of carbonyl (C=O) groups excluding carboxylic acids is 1. The summed E-state index contributed by atoms with van der Waals surface area (Å²) in [7, 11) is 1.51. The van der Waals surface area contributed by atoms with Crippen LogP contribution in [0.2, 0.25) is 0 Å². The molecule has 0 saturated heterocycles. The molecule has 3 aromatic heterocycles. The molecule has 0 unspecified atom stereocenters. The minimum Gasteiger partial charge on any atom is -0.496 e. The number of carbonyl (C=O) groups is 3. The average Bonchev–Trinajstić information content (AvgIpc) is 3.68. The van der Waals surface area contributed by atoms with Gasteiger partial charge in [-0.1, -0.05) is 0 Å². The van der Waals surface area contributed by atoms with E-state index in [-0.39, 0.29) is 34.3 Å². The molecule has 0 aromatic carbocycles. The van der Waals surface area contributed by atoms with Crippen molar-refractivity contribution < 1.29 is 42.5 Å². The third-order valence-corrected chi connectivity index (χ3v) is 8.02. The van der Waals surface area contributed by atoms with Crippen LogP contribution in [0.5, 0.6) is 5.75 Å². The zero-order chi connectivity index (χ0) is 29.8. The molecule has 3 amide bonds. The molecule has 41 heavy (non-hydrogen) atoms. The Morgan fingerprint density at radius 3 is 2.41 bits per heavy atom. The fraction of sp³-hybridized carbons (Fsp3) is 0.458.